The van der Waals surface area contributed by atoms with E-state index in [9.17, 15) is 14.3 Å². The van der Waals surface area contributed by atoms with Gasteiger partial charge in [0.05, 0.1) is 64.5 Å². The van der Waals surface area contributed by atoms with Crippen molar-refractivity contribution in [2.24, 2.45) is 0 Å². The van der Waals surface area contributed by atoms with E-state index >= 15 is 0 Å². The Bertz CT molecular complexity index is 1430. The van der Waals surface area contributed by atoms with Crippen molar-refractivity contribution in [3.8, 4) is 17.5 Å². The Morgan fingerprint density at radius 2 is 2.03 bits per heavy atom. The van der Waals surface area contributed by atoms with Crippen molar-refractivity contribution in [3.63, 3.8) is 0 Å². The zero-order valence-corrected chi connectivity index (χ0v) is 19.5. The summed E-state index contributed by atoms with van der Waals surface area (Å²) in [6.45, 7) is 2.25. The van der Waals surface area contributed by atoms with Gasteiger partial charge in [0.2, 0.25) is 0 Å². The molecule has 0 unspecified atom stereocenters. The zero-order chi connectivity index (χ0) is 25.2. The number of anilines is 2. The molecule has 1 atom stereocenters. The van der Waals surface area contributed by atoms with E-state index in [1.54, 1.807) is 28.8 Å². The fraction of sp³-hybridized carbons (Fsp3) is 0.217. The lowest BCUT2D eigenvalue weighted by atomic mass is 10.0. The molecule has 35 heavy (non-hydrogen) atoms. The maximum absolute atomic E-state index is 14.2. The van der Waals surface area contributed by atoms with E-state index in [0.29, 0.717) is 34.0 Å². The van der Waals surface area contributed by atoms with Gasteiger partial charge in [0.15, 0.2) is 0 Å². The average molecular weight is 495 g/mol. The number of amides is 1. The van der Waals surface area contributed by atoms with Crippen molar-refractivity contribution < 1.29 is 14.3 Å². The van der Waals surface area contributed by atoms with E-state index in [1.807, 2.05) is 6.07 Å². The minimum absolute atomic E-state index is 0.119. The van der Waals surface area contributed by atoms with Gasteiger partial charge in [-0.25, -0.2) is 18.9 Å². The number of aliphatic hydroxyl groups is 1. The van der Waals surface area contributed by atoms with Gasteiger partial charge < -0.3 is 15.7 Å². The second-order valence-electron chi connectivity index (χ2n) is 8.21. The molecular formula is C23H20ClFN8O2. The predicted octanol–water partition coefficient (Wildman–Crippen LogP) is 3.29. The third kappa shape index (κ3) is 5.34. The highest BCUT2D eigenvalue weighted by Crippen LogP contribution is 2.27. The van der Waals surface area contributed by atoms with Gasteiger partial charge in [0, 0.05) is 6.20 Å². The van der Waals surface area contributed by atoms with E-state index < -0.39 is 24.2 Å². The van der Waals surface area contributed by atoms with Crippen LogP contribution in [0.3, 0.4) is 0 Å². The van der Waals surface area contributed by atoms with E-state index in [1.165, 1.54) is 38.6 Å². The average Bonchev–Trinajstić information content (AvgIpc) is 3.26. The van der Waals surface area contributed by atoms with E-state index in [0.717, 1.165) is 0 Å². The van der Waals surface area contributed by atoms with Gasteiger partial charge >= 0.3 is 0 Å². The summed E-state index contributed by atoms with van der Waals surface area (Å²) in [5.41, 5.74) is 1.05. The Morgan fingerprint density at radius 3 is 2.71 bits per heavy atom. The second kappa shape index (κ2) is 9.61. The molecule has 0 aromatic carbocycles. The summed E-state index contributed by atoms with van der Waals surface area (Å²) in [5, 5.41) is 28.9. The Balaban J connectivity index is 1.71. The first kappa shape index (κ1) is 24.0. The molecule has 1 amide bonds. The Hall–Kier alpha value is -4.14. The normalized spacial score (nSPS) is 12.2. The molecule has 4 aromatic rings. The van der Waals surface area contributed by atoms with E-state index in [2.05, 4.69) is 30.7 Å². The summed E-state index contributed by atoms with van der Waals surface area (Å²) >= 11 is 5.81. The van der Waals surface area contributed by atoms with Crippen LogP contribution in [0.15, 0.2) is 49.1 Å². The number of hydrogen-bond donors (Lipinski definition) is 3. The minimum atomic E-state index is -1.67. The van der Waals surface area contributed by atoms with Crippen molar-refractivity contribution in [3.05, 3.63) is 65.3 Å². The quantitative estimate of drug-likeness (QED) is 0.355. The molecule has 0 saturated heterocycles. The lowest BCUT2D eigenvalue weighted by molar-refractivity contribution is -0.00177. The molecule has 178 valence electrons. The van der Waals surface area contributed by atoms with Gasteiger partial charge in [-0.1, -0.05) is 11.6 Å². The predicted molar refractivity (Wildman–Crippen MR) is 127 cm³/mol. The highest BCUT2D eigenvalue weighted by atomic mass is 35.5. The highest BCUT2D eigenvalue weighted by Gasteiger charge is 2.27. The van der Waals surface area contributed by atoms with Gasteiger partial charge in [0.25, 0.3) is 5.91 Å². The molecule has 4 rings (SSSR count). The lowest BCUT2D eigenvalue weighted by Crippen LogP contribution is -2.42. The van der Waals surface area contributed by atoms with Crippen LogP contribution < -0.4 is 10.6 Å². The van der Waals surface area contributed by atoms with Gasteiger partial charge in [-0.3, -0.25) is 9.78 Å². The van der Waals surface area contributed by atoms with Gasteiger partial charge in [-0.05, 0) is 38.1 Å². The Morgan fingerprint density at radius 1 is 1.23 bits per heavy atom. The number of carbonyl (C=O) groups excluding carboxylic acids is 1. The first-order chi connectivity index (χ1) is 16.7. The molecule has 0 spiro atoms. The molecular weight excluding hydrogens is 475 g/mol. The summed E-state index contributed by atoms with van der Waals surface area (Å²) in [6, 6.07) is 8.94. The number of nitrogens with zero attached hydrogens (tertiary/aromatic N) is 6. The number of aromatic nitrogens is 5. The number of rotatable bonds is 7. The van der Waals surface area contributed by atoms with Crippen LogP contribution in [0, 0.1) is 11.3 Å². The monoisotopic (exact) mass is 494 g/mol. The fourth-order valence-corrected chi connectivity index (χ4v) is 3.27. The second-order valence-corrected chi connectivity index (χ2v) is 8.59. The first-order valence-electron chi connectivity index (χ1n) is 10.4. The largest absolute Gasteiger partial charge is 0.387 e. The molecule has 0 aliphatic carbocycles. The molecule has 12 heteroatoms. The number of carbonyl (C=O) groups is 1. The van der Waals surface area contributed by atoms with Crippen LogP contribution in [-0.2, 0) is 0 Å². The number of nitriles is 1. The third-order valence-electron chi connectivity index (χ3n) is 5.13. The molecule has 10 nitrogen and oxygen atoms in total. The number of halogens is 2. The van der Waals surface area contributed by atoms with Crippen LogP contribution in [0.2, 0.25) is 5.15 Å². The maximum atomic E-state index is 14.2. The minimum Gasteiger partial charge on any atom is -0.387 e. The molecule has 0 aliphatic rings. The standard InChI is InChI=1S/C23H20ClFN8O2/c1-23(2,35)19(25)10-30-22(34)15-9-27-17(6-16(15)32-21-12-28-20(24)11-29-21)18-4-3-14-5-13(7-26)8-31-33(14)18/h3-6,8-9,11-12,19,35H,10H2,1-2H3,(H,30,34)(H,27,29,32)/t19-/m1/s1. The van der Waals surface area contributed by atoms with Crippen molar-refractivity contribution >= 4 is 34.5 Å². The molecule has 0 radical (unpaired) electrons. The van der Waals surface area contributed by atoms with Crippen LogP contribution >= 0.6 is 11.6 Å². The third-order valence-corrected chi connectivity index (χ3v) is 5.33. The Labute approximate surface area is 204 Å². The summed E-state index contributed by atoms with van der Waals surface area (Å²) in [5.74, 6) is -0.283. The highest BCUT2D eigenvalue weighted by molar-refractivity contribution is 6.29. The number of pyridine rings is 1. The molecule has 0 saturated carbocycles. The number of alkyl halides is 1. The molecule has 0 bridgehead atoms. The van der Waals surface area contributed by atoms with Gasteiger partial charge in [-0.15, -0.1) is 0 Å². The molecule has 0 aliphatic heterocycles. The molecule has 3 N–H and O–H groups in total. The van der Waals surface area contributed by atoms with Crippen molar-refractivity contribution in [1.82, 2.24) is 29.9 Å². The van der Waals surface area contributed by atoms with Crippen LogP contribution in [-0.4, -0.2) is 53.9 Å². The molecule has 4 aromatic heterocycles. The number of fused-ring (bicyclic) bond motifs is 1. The zero-order valence-electron chi connectivity index (χ0n) is 18.7. The van der Waals surface area contributed by atoms with Crippen molar-refractivity contribution in [2.75, 3.05) is 11.9 Å². The van der Waals surface area contributed by atoms with E-state index in [4.69, 9.17) is 16.9 Å². The van der Waals surface area contributed by atoms with Crippen molar-refractivity contribution in [2.45, 2.75) is 25.6 Å². The van der Waals surface area contributed by atoms with Crippen molar-refractivity contribution in [1.29, 1.82) is 5.26 Å². The molecule has 4 heterocycles. The SMILES string of the molecule is CC(C)(O)[C@H](F)CNC(=O)c1cnc(-c2ccc3cc(C#N)cnn23)cc1Nc1cnc(Cl)cn1. The summed E-state index contributed by atoms with van der Waals surface area (Å²) < 4.78 is 15.8. The van der Waals surface area contributed by atoms with E-state index in [-0.39, 0.29) is 10.7 Å². The number of hydrogen-bond acceptors (Lipinski definition) is 8. The molecule has 0 fully saturated rings. The fourth-order valence-electron chi connectivity index (χ4n) is 3.18. The van der Waals surface area contributed by atoms with Crippen LogP contribution in [0.1, 0.15) is 29.8 Å². The maximum Gasteiger partial charge on any atom is 0.255 e. The van der Waals surface area contributed by atoms with Crippen LogP contribution in [0.4, 0.5) is 15.9 Å². The van der Waals surface area contributed by atoms with Crippen LogP contribution in [0.5, 0.6) is 0 Å². The lowest BCUT2D eigenvalue weighted by Gasteiger charge is -2.22. The summed E-state index contributed by atoms with van der Waals surface area (Å²) in [7, 11) is 0. The Kier molecular flexibility index (Phi) is 6.59. The van der Waals surface area contributed by atoms with Crippen LogP contribution in [0.25, 0.3) is 16.9 Å². The van der Waals surface area contributed by atoms with Gasteiger partial charge in [-0.2, -0.15) is 10.4 Å². The number of nitrogens with one attached hydrogen (secondary N) is 2. The van der Waals surface area contributed by atoms with Gasteiger partial charge in [0.1, 0.15) is 23.2 Å². The first-order valence-corrected chi connectivity index (χ1v) is 10.8. The summed E-state index contributed by atoms with van der Waals surface area (Å²) in [6.07, 6.45) is 3.86. The smallest absolute Gasteiger partial charge is 0.255 e. The summed E-state index contributed by atoms with van der Waals surface area (Å²) in [4.78, 5) is 25.4. The topological polar surface area (TPSA) is 141 Å².